The van der Waals surface area contributed by atoms with Crippen LogP contribution >= 0.6 is 11.8 Å². The van der Waals surface area contributed by atoms with Crippen molar-refractivity contribution < 1.29 is 23.7 Å². The fourth-order valence-corrected chi connectivity index (χ4v) is 2.58. The molecule has 0 aliphatic heterocycles. The lowest BCUT2D eigenvalue weighted by Gasteiger charge is -2.11. The Bertz CT molecular complexity index is 730. The van der Waals surface area contributed by atoms with Crippen molar-refractivity contribution in [1.29, 1.82) is 0 Å². The van der Waals surface area contributed by atoms with Gasteiger partial charge in [-0.2, -0.15) is 0 Å². The van der Waals surface area contributed by atoms with E-state index in [0.717, 1.165) is 0 Å². The van der Waals surface area contributed by atoms with E-state index in [1.807, 2.05) is 0 Å². The van der Waals surface area contributed by atoms with Crippen LogP contribution in [0.15, 0.2) is 52.0 Å². The molecule has 25 heavy (non-hydrogen) atoms. The summed E-state index contributed by atoms with van der Waals surface area (Å²) in [7, 11) is 0. The zero-order valence-electron chi connectivity index (χ0n) is 13.3. The third kappa shape index (κ3) is 5.96. The molecule has 0 bridgehead atoms. The van der Waals surface area contributed by atoms with Crippen molar-refractivity contribution in [1.82, 2.24) is 5.32 Å². The second-order valence-electron chi connectivity index (χ2n) is 5.00. The quantitative estimate of drug-likeness (QED) is 0.332. The molecule has 1 aromatic heterocycles. The third-order valence-electron chi connectivity index (χ3n) is 3.12. The fourth-order valence-electron chi connectivity index (χ4n) is 1.89. The maximum Gasteiger partial charge on any atom is 0.316 e. The van der Waals surface area contributed by atoms with Crippen molar-refractivity contribution in [3.8, 4) is 0 Å². The van der Waals surface area contributed by atoms with Gasteiger partial charge >= 0.3 is 5.97 Å². The van der Waals surface area contributed by atoms with Gasteiger partial charge in [-0.3, -0.25) is 19.7 Å². The first kappa shape index (κ1) is 18.5. The molecule has 1 atom stereocenters. The maximum absolute atomic E-state index is 11.7. The number of nitrogens with zero attached hydrogens (tertiary/aromatic N) is 1. The Hall–Kier alpha value is -2.81. The molecule has 1 N–H and O–H groups in total. The van der Waals surface area contributed by atoms with Crippen LogP contribution in [0, 0.1) is 10.1 Å². The summed E-state index contributed by atoms with van der Waals surface area (Å²) >= 11 is 1.17. The van der Waals surface area contributed by atoms with Crippen LogP contribution in [0.1, 0.15) is 18.7 Å². The molecule has 0 unspecified atom stereocenters. The average Bonchev–Trinajstić information content (AvgIpc) is 3.13. The number of hydrogen-bond donors (Lipinski definition) is 1. The van der Waals surface area contributed by atoms with E-state index < -0.39 is 16.8 Å². The number of nitrogens with one attached hydrogen (secondary N) is 1. The minimum absolute atomic E-state index is 0.00116. The van der Waals surface area contributed by atoms with E-state index in [1.165, 1.54) is 30.2 Å². The number of carbonyl (C=O) groups is 2. The van der Waals surface area contributed by atoms with Crippen LogP contribution in [0.2, 0.25) is 0 Å². The molecule has 132 valence electrons. The van der Waals surface area contributed by atoms with E-state index in [9.17, 15) is 19.7 Å². The van der Waals surface area contributed by atoms with E-state index in [1.54, 1.807) is 31.2 Å². The molecule has 0 saturated carbocycles. The van der Waals surface area contributed by atoms with Crippen molar-refractivity contribution in [2.24, 2.45) is 0 Å². The van der Waals surface area contributed by atoms with Gasteiger partial charge in [0.05, 0.1) is 23.0 Å². The smallest absolute Gasteiger partial charge is 0.316 e. The van der Waals surface area contributed by atoms with Gasteiger partial charge in [-0.15, -0.1) is 11.8 Å². The summed E-state index contributed by atoms with van der Waals surface area (Å²) in [5.41, 5.74) is -0.0192. The Morgan fingerprint density at radius 2 is 2.04 bits per heavy atom. The molecule has 0 fully saturated rings. The van der Waals surface area contributed by atoms with Gasteiger partial charge in [0.15, 0.2) is 6.61 Å². The van der Waals surface area contributed by atoms with Crippen molar-refractivity contribution in [3.63, 3.8) is 0 Å². The monoisotopic (exact) mass is 364 g/mol. The lowest BCUT2D eigenvalue weighted by atomic mass is 10.2. The predicted molar refractivity (Wildman–Crippen MR) is 90.0 cm³/mol. The number of carbonyl (C=O) groups excluding carboxylic acids is 2. The number of thioether (sulfide) groups is 1. The second kappa shape index (κ2) is 8.88. The molecular formula is C16H16N2O6S. The summed E-state index contributed by atoms with van der Waals surface area (Å²) in [6.45, 7) is 1.37. The summed E-state index contributed by atoms with van der Waals surface area (Å²) in [6, 6.07) is 8.94. The first-order valence-electron chi connectivity index (χ1n) is 7.31. The number of benzene rings is 1. The SMILES string of the molecule is C[C@H](NC(=O)COC(=O)CSc1ccc([N+](=O)[O-])cc1)c1ccco1. The minimum Gasteiger partial charge on any atom is -0.467 e. The molecule has 0 radical (unpaired) electrons. The highest BCUT2D eigenvalue weighted by molar-refractivity contribution is 8.00. The third-order valence-corrected chi connectivity index (χ3v) is 4.10. The Balaban J connectivity index is 1.69. The van der Waals surface area contributed by atoms with Gasteiger partial charge in [0.1, 0.15) is 5.76 Å². The second-order valence-corrected chi connectivity index (χ2v) is 6.05. The van der Waals surface area contributed by atoms with Crippen LogP contribution in [-0.2, 0) is 14.3 Å². The summed E-state index contributed by atoms with van der Waals surface area (Å²) in [6.07, 6.45) is 1.51. The Morgan fingerprint density at radius 3 is 2.64 bits per heavy atom. The molecule has 2 aromatic rings. The van der Waals surface area contributed by atoms with Crippen LogP contribution in [0.25, 0.3) is 0 Å². The Kier molecular flexibility index (Phi) is 6.58. The Labute approximate surface area is 147 Å². The lowest BCUT2D eigenvalue weighted by molar-refractivity contribution is -0.384. The van der Waals surface area contributed by atoms with E-state index >= 15 is 0 Å². The largest absolute Gasteiger partial charge is 0.467 e. The van der Waals surface area contributed by atoms with Crippen molar-refractivity contribution in [2.75, 3.05) is 12.4 Å². The molecule has 0 aliphatic rings. The number of esters is 1. The van der Waals surface area contributed by atoms with Crippen molar-refractivity contribution in [3.05, 3.63) is 58.5 Å². The minimum atomic E-state index is -0.552. The number of nitro benzene ring substituents is 1. The summed E-state index contributed by atoms with van der Waals surface area (Å²) in [5, 5.41) is 13.2. The first-order chi connectivity index (χ1) is 12.0. The summed E-state index contributed by atoms with van der Waals surface area (Å²) in [4.78, 5) is 34.1. The number of rotatable bonds is 8. The van der Waals surface area contributed by atoms with Crippen LogP contribution in [0.3, 0.4) is 0 Å². The molecule has 1 heterocycles. The molecule has 8 nitrogen and oxygen atoms in total. The van der Waals surface area contributed by atoms with Gasteiger partial charge in [-0.25, -0.2) is 0 Å². The van der Waals surface area contributed by atoms with E-state index in [0.29, 0.717) is 10.7 Å². The highest BCUT2D eigenvalue weighted by Crippen LogP contribution is 2.21. The van der Waals surface area contributed by atoms with Crippen LogP contribution in [0.5, 0.6) is 0 Å². The van der Waals surface area contributed by atoms with E-state index in [2.05, 4.69) is 5.32 Å². The van der Waals surface area contributed by atoms with Crippen LogP contribution in [0.4, 0.5) is 5.69 Å². The molecule has 1 amide bonds. The zero-order valence-corrected chi connectivity index (χ0v) is 14.2. The maximum atomic E-state index is 11.7. The average molecular weight is 364 g/mol. The molecule has 1 aromatic carbocycles. The molecule has 0 aliphatic carbocycles. The van der Waals surface area contributed by atoms with Crippen LogP contribution in [-0.4, -0.2) is 29.2 Å². The highest BCUT2D eigenvalue weighted by atomic mass is 32.2. The van der Waals surface area contributed by atoms with Crippen molar-refractivity contribution in [2.45, 2.75) is 17.9 Å². The number of furan rings is 1. The number of hydrogen-bond acceptors (Lipinski definition) is 7. The number of ether oxygens (including phenoxy) is 1. The van der Waals surface area contributed by atoms with Gasteiger partial charge in [0.2, 0.25) is 0 Å². The molecule has 0 spiro atoms. The number of amides is 1. The fraction of sp³-hybridized carbons (Fsp3) is 0.250. The highest BCUT2D eigenvalue weighted by Gasteiger charge is 2.14. The Morgan fingerprint density at radius 1 is 1.32 bits per heavy atom. The molecule has 0 saturated heterocycles. The van der Waals surface area contributed by atoms with E-state index in [4.69, 9.17) is 9.15 Å². The summed E-state index contributed by atoms with van der Waals surface area (Å²) < 4.78 is 10.1. The molecule has 9 heteroatoms. The van der Waals surface area contributed by atoms with Gasteiger partial charge in [-0.05, 0) is 31.2 Å². The van der Waals surface area contributed by atoms with Gasteiger partial charge in [0, 0.05) is 17.0 Å². The van der Waals surface area contributed by atoms with Gasteiger partial charge < -0.3 is 14.5 Å². The van der Waals surface area contributed by atoms with Gasteiger partial charge in [0.25, 0.3) is 11.6 Å². The summed E-state index contributed by atoms with van der Waals surface area (Å²) in [5.74, 6) is -0.381. The topological polar surface area (TPSA) is 112 Å². The van der Waals surface area contributed by atoms with E-state index in [-0.39, 0.29) is 24.1 Å². The van der Waals surface area contributed by atoms with Gasteiger partial charge in [-0.1, -0.05) is 0 Å². The van der Waals surface area contributed by atoms with Crippen molar-refractivity contribution >= 4 is 29.3 Å². The number of non-ortho nitro benzene ring substituents is 1. The number of nitro groups is 1. The predicted octanol–water partition coefficient (Wildman–Crippen LogP) is 2.70. The standard InChI is InChI=1S/C16H16N2O6S/c1-11(14-3-2-8-23-14)17-15(19)9-24-16(20)10-25-13-6-4-12(5-7-13)18(21)22/h2-8,11H,9-10H2,1H3,(H,17,19)/t11-/m0/s1. The lowest BCUT2D eigenvalue weighted by Crippen LogP contribution is -2.31. The zero-order chi connectivity index (χ0) is 18.2. The normalized spacial score (nSPS) is 11.6. The molecule has 2 rings (SSSR count). The van der Waals surface area contributed by atoms with Crippen LogP contribution < -0.4 is 5.32 Å². The molecular weight excluding hydrogens is 348 g/mol. The first-order valence-corrected chi connectivity index (χ1v) is 8.30.